The molecular formula is C22H23F3N4O2. The van der Waals surface area contributed by atoms with Gasteiger partial charge in [-0.3, -0.25) is 0 Å². The third-order valence-corrected chi connectivity index (χ3v) is 4.42. The maximum atomic E-state index is 12.8. The van der Waals surface area contributed by atoms with Crippen molar-refractivity contribution in [1.29, 1.82) is 0 Å². The first-order valence-electron chi connectivity index (χ1n) is 9.90. The Morgan fingerprint density at radius 2 is 2.06 bits per heavy atom. The van der Waals surface area contributed by atoms with Crippen LogP contribution in [0.3, 0.4) is 0 Å². The third-order valence-electron chi connectivity index (χ3n) is 4.42. The van der Waals surface area contributed by atoms with E-state index in [1.807, 2.05) is 31.2 Å². The van der Waals surface area contributed by atoms with Crippen LogP contribution in [-0.2, 0) is 12.7 Å². The average Bonchev–Trinajstić information content (AvgIpc) is 2.76. The van der Waals surface area contributed by atoms with Crippen molar-refractivity contribution in [3.8, 4) is 5.88 Å². The highest BCUT2D eigenvalue weighted by atomic mass is 19.4. The fraction of sp³-hybridized carbons (Fsp3) is 0.318. The Morgan fingerprint density at radius 1 is 1.29 bits per heavy atom. The number of ether oxygens (including phenoxy) is 1. The molecule has 0 spiro atoms. The van der Waals surface area contributed by atoms with Gasteiger partial charge in [0.15, 0.2) is 0 Å². The first-order chi connectivity index (χ1) is 14.9. The lowest BCUT2D eigenvalue weighted by molar-refractivity contribution is -0.137. The number of carbonyl (C=O) groups is 1. The summed E-state index contributed by atoms with van der Waals surface area (Å²) in [6.07, 6.45) is 6.74. The smallest absolute Gasteiger partial charge is 0.416 e. The fourth-order valence-corrected chi connectivity index (χ4v) is 2.94. The van der Waals surface area contributed by atoms with E-state index in [4.69, 9.17) is 4.74 Å². The molecule has 9 heteroatoms. The molecule has 0 saturated heterocycles. The van der Waals surface area contributed by atoms with Gasteiger partial charge in [-0.25, -0.2) is 9.48 Å². The van der Waals surface area contributed by atoms with Crippen LogP contribution in [0.2, 0.25) is 0 Å². The SMILES string of the molecule is CCCOc1cc(=NC(=O)NCc2cccc(C(F)(F)F)c2)cnn1C1C=CCC=C1. The van der Waals surface area contributed by atoms with E-state index in [1.165, 1.54) is 18.3 Å². The molecule has 6 nitrogen and oxygen atoms in total. The van der Waals surface area contributed by atoms with Gasteiger partial charge in [-0.2, -0.15) is 23.3 Å². The van der Waals surface area contributed by atoms with Gasteiger partial charge >= 0.3 is 12.2 Å². The Kier molecular flexibility index (Phi) is 7.28. The van der Waals surface area contributed by atoms with Gasteiger partial charge in [-0.05, 0) is 30.5 Å². The highest BCUT2D eigenvalue weighted by Crippen LogP contribution is 2.29. The first kappa shape index (κ1) is 22.3. The van der Waals surface area contributed by atoms with Crippen LogP contribution in [0.5, 0.6) is 5.88 Å². The summed E-state index contributed by atoms with van der Waals surface area (Å²) in [5.41, 5.74) is -0.443. The molecule has 31 heavy (non-hydrogen) atoms. The number of amides is 2. The predicted molar refractivity (Wildman–Crippen MR) is 109 cm³/mol. The minimum atomic E-state index is -4.44. The average molecular weight is 432 g/mol. The summed E-state index contributed by atoms with van der Waals surface area (Å²) >= 11 is 0. The topological polar surface area (TPSA) is 68.5 Å². The van der Waals surface area contributed by atoms with Crippen LogP contribution in [0.15, 0.2) is 65.8 Å². The first-order valence-corrected chi connectivity index (χ1v) is 9.90. The zero-order valence-electron chi connectivity index (χ0n) is 17.0. The van der Waals surface area contributed by atoms with Gasteiger partial charge in [-0.1, -0.05) is 43.4 Å². The summed E-state index contributed by atoms with van der Waals surface area (Å²) in [5.74, 6) is 0.468. The minimum Gasteiger partial charge on any atom is -0.478 e. The zero-order chi connectivity index (χ0) is 22.3. The lowest BCUT2D eigenvalue weighted by Crippen LogP contribution is -2.24. The normalized spacial score (nSPS) is 14.6. The van der Waals surface area contributed by atoms with E-state index in [1.54, 1.807) is 10.7 Å². The van der Waals surface area contributed by atoms with Crippen LogP contribution in [0.4, 0.5) is 18.0 Å². The number of hydrogen-bond donors (Lipinski definition) is 1. The van der Waals surface area contributed by atoms with Crippen molar-refractivity contribution < 1.29 is 22.7 Å². The number of halogens is 3. The Hall–Kier alpha value is -3.36. The molecule has 1 aliphatic carbocycles. The quantitative estimate of drug-likeness (QED) is 0.681. The number of alkyl halides is 3. The molecule has 2 amide bonds. The second-order valence-corrected chi connectivity index (χ2v) is 6.90. The molecule has 0 aliphatic heterocycles. The largest absolute Gasteiger partial charge is 0.478 e. The lowest BCUT2D eigenvalue weighted by Gasteiger charge is -2.18. The van der Waals surface area contributed by atoms with E-state index in [-0.39, 0.29) is 17.9 Å². The van der Waals surface area contributed by atoms with Crippen LogP contribution >= 0.6 is 0 Å². The van der Waals surface area contributed by atoms with Crippen LogP contribution in [0, 0.1) is 0 Å². The second-order valence-electron chi connectivity index (χ2n) is 6.90. The lowest BCUT2D eigenvalue weighted by atomic mass is 10.1. The zero-order valence-corrected chi connectivity index (χ0v) is 17.0. The van der Waals surface area contributed by atoms with E-state index in [0.29, 0.717) is 18.1 Å². The Labute approximate surface area is 177 Å². The standard InChI is InChI=1S/C22H23F3N4O2/c1-2-11-31-20-13-18(15-27-29(20)19-9-4-3-5-10-19)28-21(30)26-14-16-7-6-8-17(12-16)22(23,24)25/h4-10,12-13,15,19H,2-3,11,14H2,1H3,(H,26,30). The van der Waals surface area contributed by atoms with Gasteiger partial charge in [-0.15, -0.1) is 0 Å². The number of hydrogen-bond acceptors (Lipinski definition) is 3. The van der Waals surface area contributed by atoms with E-state index >= 15 is 0 Å². The maximum Gasteiger partial charge on any atom is 0.416 e. The Balaban J connectivity index is 1.74. The van der Waals surface area contributed by atoms with Gasteiger partial charge in [0.05, 0.1) is 29.8 Å². The minimum absolute atomic E-state index is 0.0800. The highest BCUT2D eigenvalue weighted by Gasteiger charge is 2.30. The maximum absolute atomic E-state index is 12.8. The number of allylic oxidation sites excluding steroid dienone is 4. The van der Waals surface area contributed by atoms with Crippen molar-refractivity contribution in [3.63, 3.8) is 0 Å². The van der Waals surface area contributed by atoms with E-state index in [0.717, 1.165) is 25.0 Å². The molecule has 1 aliphatic rings. The number of benzene rings is 1. The summed E-state index contributed by atoms with van der Waals surface area (Å²) in [6.45, 7) is 2.38. The Morgan fingerprint density at radius 3 is 2.77 bits per heavy atom. The predicted octanol–water partition coefficient (Wildman–Crippen LogP) is 4.56. The van der Waals surface area contributed by atoms with Crippen LogP contribution in [0.1, 0.15) is 36.9 Å². The number of nitrogens with one attached hydrogen (secondary N) is 1. The number of urea groups is 1. The summed E-state index contributed by atoms with van der Waals surface area (Å²) in [4.78, 5) is 16.1. The molecule has 0 saturated carbocycles. The van der Waals surface area contributed by atoms with E-state index in [9.17, 15) is 18.0 Å². The highest BCUT2D eigenvalue weighted by molar-refractivity contribution is 5.74. The summed E-state index contributed by atoms with van der Waals surface area (Å²) < 4.78 is 45.9. The molecule has 1 heterocycles. The van der Waals surface area contributed by atoms with Crippen LogP contribution in [0.25, 0.3) is 0 Å². The summed E-state index contributed by atoms with van der Waals surface area (Å²) in [7, 11) is 0. The number of rotatable bonds is 6. The molecule has 0 atom stereocenters. The number of nitrogens with zero attached hydrogens (tertiary/aromatic N) is 3. The van der Waals surface area contributed by atoms with Crippen molar-refractivity contribution >= 4 is 6.03 Å². The molecule has 1 aromatic carbocycles. The summed E-state index contributed by atoms with van der Waals surface area (Å²) in [5, 5.41) is 7.14. The molecule has 0 fully saturated rings. The number of aromatic nitrogens is 2. The van der Waals surface area contributed by atoms with Crippen molar-refractivity contribution in [2.75, 3.05) is 6.61 Å². The second kappa shape index (κ2) is 10.1. The van der Waals surface area contributed by atoms with Gasteiger partial charge in [0.2, 0.25) is 5.88 Å². The summed E-state index contributed by atoms with van der Waals surface area (Å²) in [6, 6.07) is 5.62. The van der Waals surface area contributed by atoms with Gasteiger partial charge < -0.3 is 10.1 Å². The molecule has 1 N–H and O–H groups in total. The molecule has 3 rings (SSSR count). The van der Waals surface area contributed by atoms with Crippen LogP contribution in [-0.4, -0.2) is 22.4 Å². The fourth-order valence-electron chi connectivity index (χ4n) is 2.94. The Bertz CT molecular complexity index is 1030. The van der Waals surface area contributed by atoms with E-state index < -0.39 is 17.8 Å². The van der Waals surface area contributed by atoms with E-state index in [2.05, 4.69) is 15.4 Å². The molecule has 2 aromatic rings. The van der Waals surface area contributed by atoms with Crippen LogP contribution < -0.4 is 15.4 Å². The molecule has 0 radical (unpaired) electrons. The van der Waals surface area contributed by atoms with Crippen molar-refractivity contribution in [2.45, 2.75) is 38.5 Å². The van der Waals surface area contributed by atoms with Gasteiger partial charge in [0.25, 0.3) is 0 Å². The third kappa shape index (κ3) is 6.31. The molecule has 164 valence electrons. The van der Waals surface area contributed by atoms with Crippen molar-refractivity contribution in [3.05, 3.63) is 77.3 Å². The number of carbonyl (C=O) groups excluding carboxylic acids is 1. The molecular weight excluding hydrogens is 409 g/mol. The van der Waals surface area contributed by atoms with Crippen molar-refractivity contribution in [1.82, 2.24) is 15.1 Å². The molecule has 0 unspecified atom stereocenters. The monoisotopic (exact) mass is 432 g/mol. The molecule has 1 aromatic heterocycles. The van der Waals surface area contributed by atoms with Gasteiger partial charge in [0.1, 0.15) is 0 Å². The van der Waals surface area contributed by atoms with Gasteiger partial charge in [0, 0.05) is 12.6 Å². The molecule has 0 bridgehead atoms. The van der Waals surface area contributed by atoms with Crippen molar-refractivity contribution in [2.24, 2.45) is 4.99 Å².